The van der Waals surface area contributed by atoms with Gasteiger partial charge in [-0.15, -0.1) is 0 Å². The molecular formula is C18H25NO2. The lowest BCUT2D eigenvalue weighted by Gasteiger charge is -2.34. The van der Waals surface area contributed by atoms with Gasteiger partial charge in [0.1, 0.15) is 6.10 Å². The van der Waals surface area contributed by atoms with Gasteiger partial charge in [0, 0.05) is 12.2 Å². The number of carbonyl (C=O) groups excluding carboxylic acids is 1. The van der Waals surface area contributed by atoms with Crippen LogP contribution in [0, 0.1) is 5.41 Å². The lowest BCUT2D eigenvalue weighted by molar-refractivity contribution is 0.00940. The van der Waals surface area contributed by atoms with Crippen LogP contribution in [0.1, 0.15) is 61.9 Å². The minimum atomic E-state index is -0.139. The second kappa shape index (κ2) is 5.70. The number of esters is 1. The highest BCUT2D eigenvalue weighted by Gasteiger charge is 2.29. The van der Waals surface area contributed by atoms with Crippen LogP contribution in [-0.2, 0) is 11.2 Å². The van der Waals surface area contributed by atoms with Crippen molar-refractivity contribution in [2.75, 3.05) is 11.9 Å². The van der Waals surface area contributed by atoms with Crippen molar-refractivity contribution in [2.24, 2.45) is 5.41 Å². The molecule has 2 aliphatic rings. The summed E-state index contributed by atoms with van der Waals surface area (Å²) in [5, 5.41) is 3.36. The van der Waals surface area contributed by atoms with Gasteiger partial charge in [-0.2, -0.15) is 0 Å². The summed E-state index contributed by atoms with van der Waals surface area (Å²) in [6, 6.07) is 5.90. The van der Waals surface area contributed by atoms with E-state index in [1.165, 1.54) is 0 Å². The highest BCUT2D eigenvalue weighted by molar-refractivity contribution is 5.93. The summed E-state index contributed by atoms with van der Waals surface area (Å²) in [5.74, 6) is -0.139. The first-order chi connectivity index (χ1) is 10.1. The number of rotatable bonds is 2. The van der Waals surface area contributed by atoms with E-state index >= 15 is 0 Å². The summed E-state index contributed by atoms with van der Waals surface area (Å²) in [7, 11) is 0. The molecule has 0 atom stereocenters. The number of hydrogen-bond donors (Lipinski definition) is 1. The average Bonchev–Trinajstić information content (AvgIpc) is 2.49. The van der Waals surface area contributed by atoms with E-state index in [9.17, 15) is 4.79 Å². The van der Waals surface area contributed by atoms with Crippen LogP contribution in [0.15, 0.2) is 18.2 Å². The third-order valence-electron chi connectivity index (χ3n) is 4.87. The average molecular weight is 287 g/mol. The van der Waals surface area contributed by atoms with Gasteiger partial charge >= 0.3 is 5.97 Å². The van der Waals surface area contributed by atoms with E-state index in [0.717, 1.165) is 61.9 Å². The molecule has 1 aromatic carbocycles. The van der Waals surface area contributed by atoms with Crippen molar-refractivity contribution >= 4 is 11.7 Å². The molecule has 0 amide bonds. The topological polar surface area (TPSA) is 38.3 Å². The van der Waals surface area contributed by atoms with Crippen LogP contribution in [0.5, 0.6) is 0 Å². The number of anilines is 1. The predicted molar refractivity (Wildman–Crippen MR) is 84.7 cm³/mol. The molecule has 21 heavy (non-hydrogen) atoms. The normalized spacial score (nSPS) is 21.2. The maximum atomic E-state index is 12.5. The Hall–Kier alpha value is -1.51. The van der Waals surface area contributed by atoms with Crippen LogP contribution >= 0.6 is 0 Å². The van der Waals surface area contributed by atoms with E-state index in [-0.39, 0.29) is 12.1 Å². The van der Waals surface area contributed by atoms with E-state index in [4.69, 9.17) is 4.74 Å². The number of ether oxygens (including phenoxy) is 1. The minimum Gasteiger partial charge on any atom is -0.459 e. The monoisotopic (exact) mass is 287 g/mol. The molecule has 1 fully saturated rings. The molecule has 3 nitrogen and oxygen atoms in total. The van der Waals surface area contributed by atoms with Gasteiger partial charge in [0.05, 0.1) is 5.56 Å². The molecule has 1 aromatic rings. The minimum absolute atomic E-state index is 0.0953. The van der Waals surface area contributed by atoms with E-state index < -0.39 is 0 Å². The summed E-state index contributed by atoms with van der Waals surface area (Å²) in [6.45, 7) is 5.58. The molecule has 0 radical (unpaired) electrons. The van der Waals surface area contributed by atoms with Crippen molar-refractivity contribution in [3.8, 4) is 0 Å². The fraction of sp³-hybridized carbons (Fsp3) is 0.611. The first-order valence-corrected chi connectivity index (χ1v) is 8.12. The molecule has 0 aromatic heterocycles. The molecule has 0 unspecified atom stereocenters. The van der Waals surface area contributed by atoms with Crippen LogP contribution in [0.3, 0.4) is 0 Å². The van der Waals surface area contributed by atoms with Gasteiger partial charge in [0.2, 0.25) is 0 Å². The lowest BCUT2D eigenvalue weighted by Crippen LogP contribution is -2.29. The zero-order valence-corrected chi connectivity index (χ0v) is 13.1. The van der Waals surface area contributed by atoms with Gasteiger partial charge in [-0.3, -0.25) is 0 Å². The molecule has 1 heterocycles. The molecule has 1 aliphatic heterocycles. The second-order valence-electron chi connectivity index (χ2n) is 7.13. The number of fused-ring (bicyclic) bond motifs is 1. The summed E-state index contributed by atoms with van der Waals surface area (Å²) >= 11 is 0. The van der Waals surface area contributed by atoms with Gasteiger partial charge in [-0.1, -0.05) is 19.9 Å². The Morgan fingerprint density at radius 1 is 1.29 bits per heavy atom. The zero-order valence-electron chi connectivity index (χ0n) is 13.1. The largest absolute Gasteiger partial charge is 0.459 e. The maximum absolute atomic E-state index is 12.5. The molecule has 3 heteroatoms. The predicted octanol–water partition coefficient (Wildman–Crippen LogP) is 4.17. The van der Waals surface area contributed by atoms with Gasteiger partial charge in [0.15, 0.2) is 0 Å². The van der Waals surface area contributed by atoms with Crippen LogP contribution in [0.2, 0.25) is 0 Å². The Morgan fingerprint density at radius 3 is 2.81 bits per heavy atom. The van der Waals surface area contributed by atoms with Crippen LogP contribution in [0.4, 0.5) is 5.69 Å². The summed E-state index contributed by atoms with van der Waals surface area (Å²) in [6.07, 6.45) is 6.40. The fourth-order valence-electron chi connectivity index (χ4n) is 3.41. The summed E-state index contributed by atoms with van der Waals surface area (Å²) in [4.78, 5) is 12.5. The highest BCUT2D eigenvalue weighted by atomic mass is 16.5. The van der Waals surface area contributed by atoms with Crippen molar-refractivity contribution in [3.05, 3.63) is 29.3 Å². The molecule has 1 N–H and O–H groups in total. The molecule has 0 bridgehead atoms. The van der Waals surface area contributed by atoms with Crippen molar-refractivity contribution in [1.29, 1.82) is 0 Å². The smallest absolute Gasteiger partial charge is 0.338 e. The molecular weight excluding hydrogens is 262 g/mol. The standard InChI is InChI=1S/C18H25NO2/c1-18(2)10-8-13(9-11-18)21-17(20)15-5-3-7-16-14(15)6-4-12-19-16/h3,5,7,13,19H,4,6,8-12H2,1-2H3. The summed E-state index contributed by atoms with van der Waals surface area (Å²) < 4.78 is 5.77. The third kappa shape index (κ3) is 3.22. The Labute approximate surface area is 127 Å². The Bertz CT molecular complexity index is 526. The zero-order chi connectivity index (χ0) is 14.9. The van der Waals surface area contributed by atoms with E-state index in [1.807, 2.05) is 12.1 Å². The van der Waals surface area contributed by atoms with Gasteiger partial charge < -0.3 is 10.1 Å². The Morgan fingerprint density at radius 2 is 2.05 bits per heavy atom. The molecule has 1 aliphatic carbocycles. The first-order valence-electron chi connectivity index (χ1n) is 8.12. The number of nitrogens with one attached hydrogen (secondary N) is 1. The quantitative estimate of drug-likeness (QED) is 0.830. The van der Waals surface area contributed by atoms with Crippen LogP contribution < -0.4 is 5.32 Å². The van der Waals surface area contributed by atoms with Crippen LogP contribution in [-0.4, -0.2) is 18.6 Å². The Kier molecular flexibility index (Phi) is 3.92. The van der Waals surface area contributed by atoms with Crippen molar-refractivity contribution < 1.29 is 9.53 Å². The van der Waals surface area contributed by atoms with Gasteiger partial charge in [-0.05, 0) is 61.6 Å². The van der Waals surface area contributed by atoms with Gasteiger partial charge in [0.25, 0.3) is 0 Å². The number of hydrogen-bond acceptors (Lipinski definition) is 3. The number of carbonyl (C=O) groups is 1. The first kappa shape index (κ1) is 14.4. The molecule has 0 spiro atoms. The third-order valence-corrected chi connectivity index (χ3v) is 4.87. The molecule has 1 saturated carbocycles. The lowest BCUT2D eigenvalue weighted by atomic mass is 9.76. The highest BCUT2D eigenvalue weighted by Crippen LogP contribution is 2.36. The van der Waals surface area contributed by atoms with E-state index in [1.54, 1.807) is 0 Å². The van der Waals surface area contributed by atoms with Crippen molar-refractivity contribution in [3.63, 3.8) is 0 Å². The maximum Gasteiger partial charge on any atom is 0.338 e. The van der Waals surface area contributed by atoms with Crippen molar-refractivity contribution in [1.82, 2.24) is 0 Å². The number of benzene rings is 1. The molecule has 3 rings (SSSR count). The van der Waals surface area contributed by atoms with Crippen molar-refractivity contribution in [2.45, 2.75) is 58.5 Å². The molecule has 0 saturated heterocycles. The van der Waals surface area contributed by atoms with Gasteiger partial charge in [-0.25, -0.2) is 4.79 Å². The fourth-order valence-corrected chi connectivity index (χ4v) is 3.41. The SMILES string of the molecule is CC1(C)CCC(OC(=O)c2cccc3c2CCCN3)CC1. The molecule has 114 valence electrons. The Balaban J connectivity index is 1.69. The summed E-state index contributed by atoms with van der Waals surface area (Å²) in [5.41, 5.74) is 3.38. The van der Waals surface area contributed by atoms with Crippen LogP contribution in [0.25, 0.3) is 0 Å². The second-order valence-corrected chi connectivity index (χ2v) is 7.13. The van der Waals surface area contributed by atoms with E-state index in [2.05, 4.69) is 25.2 Å². The van der Waals surface area contributed by atoms with E-state index in [0.29, 0.717) is 5.41 Å².